The first-order valence-electron chi connectivity index (χ1n) is 34.6. The van der Waals surface area contributed by atoms with Crippen LogP contribution < -0.4 is 5.32 Å². The largest absolute Gasteiger partial charge is 0.394 e. The van der Waals surface area contributed by atoms with Gasteiger partial charge in [-0.2, -0.15) is 0 Å². The number of ether oxygens (including phenoxy) is 6. The summed E-state index contributed by atoms with van der Waals surface area (Å²) in [5.74, 6) is -0.272. The quantitative estimate of drug-likeness (QED) is 0.0200. The maximum atomic E-state index is 13.4. The first-order valence-corrected chi connectivity index (χ1v) is 34.6. The van der Waals surface area contributed by atoms with Crippen LogP contribution in [0.3, 0.4) is 0 Å². The Balaban J connectivity index is 1.41. The van der Waals surface area contributed by atoms with Crippen molar-refractivity contribution < 1.29 is 89.4 Å². The monoisotopic (exact) mass is 1230 g/mol. The molecule has 0 aromatic rings. The van der Waals surface area contributed by atoms with Crippen molar-refractivity contribution in [2.75, 3.05) is 26.4 Å². The molecule has 506 valence electrons. The zero-order valence-corrected chi connectivity index (χ0v) is 53.3. The Morgan fingerprint density at radius 3 is 1.13 bits per heavy atom. The van der Waals surface area contributed by atoms with Crippen LogP contribution in [0.4, 0.5) is 0 Å². The van der Waals surface area contributed by atoms with Crippen LogP contribution in [0.1, 0.15) is 264 Å². The van der Waals surface area contributed by atoms with Gasteiger partial charge in [0.1, 0.15) is 73.2 Å². The van der Waals surface area contributed by atoms with Crippen molar-refractivity contribution in [3.05, 3.63) is 24.3 Å². The van der Waals surface area contributed by atoms with Crippen molar-refractivity contribution in [3.8, 4) is 0 Å². The Bertz CT molecular complexity index is 1660. The highest BCUT2D eigenvalue weighted by Crippen LogP contribution is 2.33. The zero-order valence-electron chi connectivity index (χ0n) is 53.3. The summed E-state index contributed by atoms with van der Waals surface area (Å²) in [4.78, 5) is 13.4. The van der Waals surface area contributed by atoms with E-state index in [4.69, 9.17) is 28.4 Å². The van der Waals surface area contributed by atoms with E-state index >= 15 is 0 Å². The maximum Gasteiger partial charge on any atom is 0.220 e. The minimum absolute atomic E-state index is 0.247. The summed E-state index contributed by atoms with van der Waals surface area (Å²) in [6.07, 6.45) is 28.8. The molecule has 0 spiro atoms. The zero-order chi connectivity index (χ0) is 62.6. The van der Waals surface area contributed by atoms with E-state index in [1.165, 1.54) is 193 Å². The van der Waals surface area contributed by atoms with E-state index in [0.29, 0.717) is 6.42 Å². The molecule has 0 aromatic heterocycles. The number of rotatable bonds is 53. The molecule has 86 heavy (non-hydrogen) atoms. The van der Waals surface area contributed by atoms with Crippen molar-refractivity contribution in [1.82, 2.24) is 5.32 Å². The summed E-state index contributed by atoms with van der Waals surface area (Å²) in [7, 11) is 0. The van der Waals surface area contributed by atoms with Gasteiger partial charge in [-0.1, -0.05) is 237 Å². The van der Waals surface area contributed by atoms with E-state index in [1.807, 2.05) is 6.08 Å². The van der Waals surface area contributed by atoms with E-state index in [9.17, 15) is 61.0 Å². The van der Waals surface area contributed by atoms with Gasteiger partial charge in [-0.05, 0) is 44.9 Å². The van der Waals surface area contributed by atoms with Crippen LogP contribution in [0.5, 0.6) is 0 Å². The molecule has 3 aliphatic heterocycles. The molecule has 0 saturated carbocycles. The normalized spacial score (nSPS) is 28.9. The summed E-state index contributed by atoms with van der Waals surface area (Å²) < 4.78 is 34.3. The van der Waals surface area contributed by atoms with Crippen molar-refractivity contribution >= 4 is 5.91 Å². The van der Waals surface area contributed by atoms with Crippen LogP contribution in [-0.2, 0) is 33.2 Å². The summed E-state index contributed by atoms with van der Waals surface area (Å²) in [6, 6.07) is -0.970. The third kappa shape index (κ3) is 32.0. The standard InChI is InChI=1S/C67H125NO18/c1-3-5-7-9-11-13-15-17-19-20-21-22-23-24-25-26-27-28-29-30-31-33-35-37-39-41-43-45-55(73)68-50(51(72)44-42-40-38-36-34-32-18-16-14-12-10-8-6-4-2)49-81-65-61(79)58(76)63(53(47-70)83-65)86-67-62(80)59(77)64(54(48-71)84-67)85-66-60(78)57(75)56(74)52(46-69)82-66/h20-21,42,44,50-54,56-67,69-72,74-80H,3-19,22-41,43,45-49H2,1-2H3,(H,68,73)/b21-20-,44-42+. The molecule has 0 aromatic carbocycles. The van der Waals surface area contributed by atoms with Gasteiger partial charge in [-0.15, -0.1) is 0 Å². The molecular weight excluding hydrogens is 1110 g/mol. The Kier molecular flexibility index (Phi) is 45.6. The van der Waals surface area contributed by atoms with E-state index in [0.717, 1.165) is 44.9 Å². The average Bonchev–Trinajstić information content (AvgIpc) is 1.96. The van der Waals surface area contributed by atoms with Gasteiger partial charge in [0.2, 0.25) is 5.91 Å². The highest BCUT2D eigenvalue weighted by molar-refractivity contribution is 5.76. The minimum Gasteiger partial charge on any atom is -0.394 e. The molecule has 0 aliphatic carbocycles. The number of aliphatic hydroxyl groups excluding tert-OH is 11. The van der Waals surface area contributed by atoms with Crippen LogP contribution in [-0.4, -0.2) is 193 Å². The van der Waals surface area contributed by atoms with Crippen LogP contribution in [0, 0.1) is 0 Å². The number of amides is 1. The number of hydrogen-bond donors (Lipinski definition) is 12. The van der Waals surface area contributed by atoms with Gasteiger partial charge in [0, 0.05) is 6.42 Å². The van der Waals surface area contributed by atoms with Gasteiger partial charge in [0.15, 0.2) is 18.9 Å². The third-order valence-corrected chi connectivity index (χ3v) is 17.5. The summed E-state index contributed by atoms with van der Waals surface area (Å²) in [5, 5.41) is 120. The molecule has 17 unspecified atom stereocenters. The first kappa shape index (κ1) is 78.5. The fourth-order valence-corrected chi connectivity index (χ4v) is 11.8. The number of carbonyl (C=O) groups excluding carboxylic acids is 1. The fraction of sp³-hybridized carbons (Fsp3) is 0.925. The molecular formula is C67H125NO18. The fourth-order valence-electron chi connectivity index (χ4n) is 11.8. The van der Waals surface area contributed by atoms with Crippen LogP contribution in [0.15, 0.2) is 24.3 Å². The van der Waals surface area contributed by atoms with E-state index in [2.05, 4.69) is 31.3 Å². The molecule has 12 N–H and O–H groups in total. The van der Waals surface area contributed by atoms with Crippen molar-refractivity contribution in [2.24, 2.45) is 0 Å². The molecule has 3 fully saturated rings. The lowest BCUT2D eigenvalue weighted by atomic mass is 9.96. The predicted molar refractivity (Wildman–Crippen MR) is 333 cm³/mol. The third-order valence-electron chi connectivity index (χ3n) is 17.5. The number of nitrogens with one attached hydrogen (secondary N) is 1. The van der Waals surface area contributed by atoms with Gasteiger partial charge in [0.05, 0.1) is 38.6 Å². The number of carbonyl (C=O) groups is 1. The molecule has 0 bridgehead atoms. The van der Waals surface area contributed by atoms with Crippen LogP contribution in [0.25, 0.3) is 0 Å². The Labute approximate surface area is 518 Å². The molecule has 1 amide bonds. The number of allylic oxidation sites excluding steroid dienone is 3. The van der Waals surface area contributed by atoms with Gasteiger partial charge in [-0.25, -0.2) is 0 Å². The first-order chi connectivity index (χ1) is 41.8. The summed E-state index contributed by atoms with van der Waals surface area (Å²) in [6.45, 7) is 1.75. The highest BCUT2D eigenvalue weighted by Gasteiger charge is 2.53. The second-order valence-electron chi connectivity index (χ2n) is 25.0. The van der Waals surface area contributed by atoms with Gasteiger partial charge < -0.3 is 89.9 Å². The van der Waals surface area contributed by atoms with Crippen LogP contribution >= 0.6 is 0 Å². The molecule has 17 atom stereocenters. The Hall–Kier alpha value is -1.73. The predicted octanol–water partition coefficient (Wildman–Crippen LogP) is 8.66. The second-order valence-corrected chi connectivity index (χ2v) is 25.0. The Morgan fingerprint density at radius 1 is 0.407 bits per heavy atom. The minimum atomic E-state index is -1.98. The van der Waals surface area contributed by atoms with Gasteiger partial charge >= 0.3 is 0 Å². The highest BCUT2D eigenvalue weighted by atomic mass is 16.8. The molecule has 3 aliphatic rings. The average molecular weight is 1230 g/mol. The summed E-state index contributed by atoms with van der Waals surface area (Å²) in [5.41, 5.74) is 0. The lowest BCUT2D eigenvalue weighted by Crippen LogP contribution is -2.66. The number of aliphatic hydroxyl groups is 11. The number of hydrogen-bond acceptors (Lipinski definition) is 18. The molecule has 19 heteroatoms. The SMILES string of the molecule is CCCCCCCCCC/C=C\CCCCCCCCCCCCCCCCCC(=O)NC(COC1OC(CO)C(OC2OC(CO)C(OC3OC(CO)C(O)C(O)C3O)C(O)C2O)C(O)C1O)C(O)/C=C/CCCCCCCCCCCCCC. The topological polar surface area (TPSA) is 307 Å². The van der Waals surface area contributed by atoms with E-state index in [-0.39, 0.29) is 18.9 Å². The second kappa shape index (κ2) is 49.9. The van der Waals surface area contributed by atoms with Gasteiger partial charge in [0.25, 0.3) is 0 Å². The van der Waals surface area contributed by atoms with E-state index < -0.39 is 124 Å². The summed E-state index contributed by atoms with van der Waals surface area (Å²) >= 11 is 0. The van der Waals surface area contributed by atoms with Crippen molar-refractivity contribution in [2.45, 2.75) is 369 Å². The van der Waals surface area contributed by atoms with E-state index in [1.54, 1.807) is 6.08 Å². The molecule has 0 radical (unpaired) electrons. The van der Waals surface area contributed by atoms with Crippen LogP contribution in [0.2, 0.25) is 0 Å². The lowest BCUT2D eigenvalue weighted by Gasteiger charge is -2.48. The maximum absolute atomic E-state index is 13.4. The molecule has 3 heterocycles. The molecule has 3 rings (SSSR count). The van der Waals surface area contributed by atoms with Crippen molar-refractivity contribution in [3.63, 3.8) is 0 Å². The Morgan fingerprint density at radius 2 is 0.733 bits per heavy atom. The molecule has 19 nitrogen and oxygen atoms in total. The van der Waals surface area contributed by atoms with Gasteiger partial charge in [-0.3, -0.25) is 4.79 Å². The smallest absolute Gasteiger partial charge is 0.220 e. The number of unbranched alkanes of at least 4 members (excludes halogenated alkanes) is 35. The molecule has 3 saturated heterocycles. The lowest BCUT2D eigenvalue weighted by molar-refractivity contribution is -0.379. The van der Waals surface area contributed by atoms with Crippen molar-refractivity contribution in [1.29, 1.82) is 0 Å².